The van der Waals surface area contributed by atoms with E-state index in [0.717, 1.165) is 12.5 Å². The number of nitrogens with one attached hydrogen (secondary N) is 2. The number of carbonyl (C=O) groups is 1. The van der Waals surface area contributed by atoms with Crippen LogP contribution in [0.3, 0.4) is 0 Å². The fourth-order valence-corrected chi connectivity index (χ4v) is 3.66. The van der Waals surface area contributed by atoms with Gasteiger partial charge in [-0.05, 0) is 67.1 Å². The van der Waals surface area contributed by atoms with E-state index in [1.165, 1.54) is 18.2 Å². The summed E-state index contributed by atoms with van der Waals surface area (Å²) in [5, 5.41) is 3.22. The van der Waals surface area contributed by atoms with Crippen LogP contribution < -0.4 is 11.1 Å². The zero-order chi connectivity index (χ0) is 19.9. The highest BCUT2D eigenvalue weighted by atomic mass is 19.1. The smallest absolute Gasteiger partial charge is 0.240 e. The first-order valence-electron chi connectivity index (χ1n) is 9.20. The molecule has 1 heterocycles. The number of fused-ring (bicyclic) bond motifs is 1. The van der Waals surface area contributed by atoms with Crippen molar-refractivity contribution in [2.45, 2.75) is 31.2 Å². The van der Waals surface area contributed by atoms with Gasteiger partial charge in [0.2, 0.25) is 5.91 Å². The number of aromatic amines is 1. The molecule has 1 amide bonds. The summed E-state index contributed by atoms with van der Waals surface area (Å²) in [5.41, 5.74) is 7.26. The predicted molar refractivity (Wildman–Crippen MR) is 101 cm³/mol. The Hall–Kier alpha value is -2.80. The van der Waals surface area contributed by atoms with E-state index in [9.17, 15) is 18.0 Å². The zero-order valence-corrected chi connectivity index (χ0v) is 15.1. The predicted octanol–water partition coefficient (Wildman–Crippen LogP) is 3.79. The Balaban J connectivity index is 1.67. The lowest BCUT2D eigenvalue weighted by Crippen LogP contribution is -2.58. The van der Waals surface area contributed by atoms with Gasteiger partial charge in [0.05, 0.1) is 11.1 Å². The quantitative estimate of drug-likeness (QED) is 0.623. The van der Waals surface area contributed by atoms with Crippen molar-refractivity contribution < 1.29 is 18.0 Å². The standard InChI is InChI=1S/C21H20F3N3O/c22-13-4-2-12(3-5-13)18-15(6-9-26-20(28)21(25)7-1-8-21)16-10-14(23)11-17(24)19(16)27-18/h2-5,10-11,27H,1,6-9,25H2,(H,26,28). The normalized spacial score (nSPS) is 15.4. The van der Waals surface area contributed by atoms with Crippen LogP contribution in [0.4, 0.5) is 13.2 Å². The maximum Gasteiger partial charge on any atom is 0.240 e. The van der Waals surface area contributed by atoms with E-state index in [1.807, 2.05) is 0 Å². The van der Waals surface area contributed by atoms with Crippen molar-refractivity contribution in [2.75, 3.05) is 6.54 Å². The molecule has 0 saturated heterocycles. The Labute approximate surface area is 159 Å². The van der Waals surface area contributed by atoms with Crippen LogP contribution in [-0.2, 0) is 11.2 Å². The van der Waals surface area contributed by atoms with Crippen molar-refractivity contribution in [1.82, 2.24) is 10.3 Å². The molecule has 4 rings (SSSR count). The minimum Gasteiger partial charge on any atom is -0.354 e. The monoisotopic (exact) mass is 387 g/mol. The maximum atomic E-state index is 14.3. The van der Waals surface area contributed by atoms with Crippen molar-refractivity contribution in [3.05, 3.63) is 59.4 Å². The Morgan fingerprint density at radius 2 is 1.82 bits per heavy atom. The molecule has 0 aliphatic heterocycles. The lowest BCUT2D eigenvalue weighted by molar-refractivity contribution is -0.129. The van der Waals surface area contributed by atoms with E-state index in [0.29, 0.717) is 41.5 Å². The van der Waals surface area contributed by atoms with E-state index >= 15 is 0 Å². The molecule has 0 bridgehead atoms. The maximum absolute atomic E-state index is 14.3. The molecule has 4 N–H and O–H groups in total. The molecule has 2 aromatic carbocycles. The first kappa shape index (κ1) is 18.6. The van der Waals surface area contributed by atoms with Crippen LogP contribution in [0.2, 0.25) is 0 Å². The van der Waals surface area contributed by atoms with Gasteiger partial charge in [0.25, 0.3) is 0 Å². The molecule has 4 nitrogen and oxygen atoms in total. The summed E-state index contributed by atoms with van der Waals surface area (Å²) < 4.78 is 41.4. The second-order valence-corrected chi connectivity index (χ2v) is 7.31. The van der Waals surface area contributed by atoms with Gasteiger partial charge < -0.3 is 16.0 Å². The van der Waals surface area contributed by atoms with Crippen LogP contribution >= 0.6 is 0 Å². The van der Waals surface area contributed by atoms with Gasteiger partial charge in [-0.2, -0.15) is 0 Å². The largest absolute Gasteiger partial charge is 0.354 e. The summed E-state index contributed by atoms with van der Waals surface area (Å²) in [7, 11) is 0. The number of hydrogen-bond donors (Lipinski definition) is 3. The molecule has 1 aromatic heterocycles. The number of benzene rings is 2. The highest BCUT2D eigenvalue weighted by molar-refractivity contribution is 5.91. The second kappa shape index (κ2) is 6.98. The number of hydrogen-bond acceptors (Lipinski definition) is 2. The van der Waals surface area contributed by atoms with Crippen molar-refractivity contribution in [2.24, 2.45) is 5.73 Å². The highest BCUT2D eigenvalue weighted by Crippen LogP contribution is 2.33. The lowest BCUT2D eigenvalue weighted by atomic mass is 9.77. The van der Waals surface area contributed by atoms with E-state index in [2.05, 4.69) is 10.3 Å². The molecule has 1 aliphatic carbocycles. The van der Waals surface area contributed by atoms with Crippen LogP contribution in [0.5, 0.6) is 0 Å². The number of amides is 1. The van der Waals surface area contributed by atoms with Gasteiger partial charge in [-0.3, -0.25) is 4.79 Å². The molecule has 28 heavy (non-hydrogen) atoms. The Kier molecular flexibility index (Phi) is 4.63. The van der Waals surface area contributed by atoms with E-state index < -0.39 is 17.2 Å². The Bertz CT molecular complexity index is 1040. The SMILES string of the molecule is NC1(C(=O)NCCc2c(-c3ccc(F)cc3)[nH]c3c(F)cc(F)cc23)CCC1. The molecular weight excluding hydrogens is 367 g/mol. The van der Waals surface area contributed by atoms with Gasteiger partial charge in [0, 0.05) is 23.7 Å². The molecule has 3 aromatic rings. The summed E-state index contributed by atoms with van der Waals surface area (Å²) in [6.45, 7) is 0.275. The summed E-state index contributed by atoms with van der Waals surface area (Å²) in [4.78, 5) is 15.2. The number of halogens is 3. The van der Waals surface area contributed by atoms with Crippen LogP contribution in [0.15, 0.2) is 36.4 Å². The molecule has 146 valence electrons. The van der Waals surface area contributed by atoms with E-state index in [-0.39, 0.29) is 23.8 Å². The van der Waals surface area contributed by atoms with Crippen molar-refractivity contribution in [3.8, 4) is 11.3 Å². The summed E-state index contributed by atoms with van der Waals surface area (Å²) >= 11 is 0. The number of nitrogens with two attached hydrogens (primary N) is 1. The fourth-order valence-electron chi connectivity index (χ4n) is 3.66. The number of aromatic nitrogens is 1. The third kappa shape index (κ3) is 3.26. The van der Waals surface area contributed by atoms with Gasteiger partial charge in [-0.15, -0.1) is 0 Å². The Morgan fingerprint density at radius 3 is 2.46 bits per heavy atom. The summed E-state index contributed by atoms with van der Waals surface area (Å²) in [6, 6.07) is 7.82. The highest BCUT2D eigenvalue weighted by Gasteiger charge is 2.39. The lowest BCUT2D eigenvalue weighted by Gasteiger charge is -2.36. The molecule has 1 saturated carbocycles. The number of H-pyrrole nitrogens is 1. The minimum atomic E-state index is -0.807. The average molecular weight is 387 g/mol. The van der Waals surface area contributed by atoms with E-state index in [4.69, 9.17) is 5.73 Å². The van der Waals surface area contributed by atoms with E-state index in [1.54, 1.807) is 12.1 Å². The van der Waals surface area contributed by atoms with Gasteiger partial charge in [-0.1, -0.05) is 0 Å². The van der Waals surface area contributed by atoms with Crippen LogP contribution in [-0.4, -0.2) is 23.0 Å². The van der Waals surface area contributed by atoms with Gasteiger partial charge in [-0.25, -0.2) is 13.2 Å². The van der Waals surface area contributed by atoms with Crippen LogP contribution in [0, 0.1) is 17.5 Å². The molecule has 0 unspecified atom stereocenters. The third-order valence-electron chi connectivity index (χ3n) is 5.42. The summed E-state index contributed by atoms with van der Waals surface area (Å²) in [5.74, 6) is -1.99. The van der Waals surface area contributed by atoms with Crippen LogP contribution in [0.25, 0.3) is 22.2 Å². The second-order valence-electron chi connectivity index (χ2n) is 7.31. The topological polar surface area (TPSA) is 70.9 Å². The molecule has 0 atom stereocenters. The van der Waals surface area contributed by atoms with Gasteiger partial charge >= 0.3 is 0 Å². The third-order valence-corrected chi connectivity index (χ3v) is 5.42. The fraction of sp³-hybridized carbons (Fsp3) is 0.286. The van der Waals surface area contributed by atoms with Crippen molar-refractivity contribution in [1.29, 1.82) is 0 Å². The molecular formula is C21H20F3N3O. The zero-order valence-electron chi connectivity index (χ0n) is 15.1. The molecule has 1 fully saturated rings. The number of carbonyl (C=O) groups excluding carboxylic acids is 1. The van der Waals surface area contributed by atoms with Gasteiger partial charge in [0.15, 0.2) is 0 Å². The first-order chi connectivity index (χ1) is 13.4. The summed E-state index contributed by atoms with van der Waals surface area (Å²) in [6.07, 6.45) is 2.59. The number of rotatable bonds is 5. The van der Waals surface area contributed by atoms with Crippen molar-refractivity contribution in [3.63, 3.8) is 0 Å². The Morgan fingerprint density at radius 1 is 1.11 bits per heavy atom. The van der Waals surface area contributed by atoms with Gasteiger partial charge in [0.1, 0.15) is 17.5 Å². The first-order valence-corrected chi connectivity index (χ1v) is 9.20. The van der Waals surface area contributed by atoms with Crippen molar-refractivity contribution >= 4 is 16.8 Å². The average Bonchev–Trinajstić information content (AvgIpc) is 2.99. The minimum absolute atomic E-state index is 0.177. The molecule has 1 aliphatic rings. The molecule has 0 radical (unpaired) electrons. The molecule has 0 spiro atoms. The van der Waals surface area contributed by atoms with Crippen LogP contribution in [0.1, 0.15) is 24.8 Å². The molecule has 7 heteroatoms.